The number of rotatable bonds is 4. The summed E-state index contributed by atoms with van der Waals surface area (Å²) in [5.41, 5.74) is 3.83. The highest BCUT2D eigenvalue weighted by molar-refractivity contribution is 7.16. The molecule has 1 aromatic heterocycles. The lowest BCUT2D eigenvalue weighted by atomic mass is 9.89. The number of thiophene rings is 1. The van der Waals surface area contributed by atoms with Crippen molar-refractivity contribution in [1.82, 2.24) is 0 Å². The molecule has 0 unspecified atom stereocenters. The van der Waals surface area contributed by atoms with E-state index in [1.165, 1.54) is 16.2 Å². The van der Waals surface area contributed by atoms with Gasteiger partial charge in [0.15, 0.2) is 6.61 Å². The average Bonchev–Trinajstić information content (AvgIpc) is 2.97. The first-order valence-electron chi connectivity index (χ1n) is 8.98. The van der Waals surface area contributed by atoms with E-state index in [4.69, 9.17) is 4.74 Å². The van der Waals surface area contributed by atoms with Crippen LogP contribution in [-0.2, 0) is 22.4 Å². The fraction of sp³-hybridized carbons (Fsp3) is 0.381. The maximum atomic E-state index is 12.3. The predicted molar refractivity (Wildman–Crippen MR) is 105 cm³/mol. The molecule has 0 radical (unpaired) electrons. The number of fused-ring (bicyclic) bond motifs is 1. The van der Waals surface area contributed by atoms with Crippen LogP contribution in [0.2, 0.25) is 0 Å². The molecule has 140 valence electrons. The van der Waals surface area contributed by atoms with Crippen molar-refractivity contribution in [1.29, 1.82) is 5.26 Å². The molecule has 3 rings (SSSR count). The van der Waals surface area contributed by atoms with Crippen molar-refractivity contribution in [3.8, 4) is 6.07 Å². The van der Waals surface area contributed by atoms with Gasteiger partial charge in [-0.3, -0.25) is 4.79 Å². The Bertz CT molecular complexity index is 940. The molecule has 0 saturated heterocycles. The van der Waals surface area contributed by atoms with E-state index in [2.05, 4.69) is 18.3 Å². The predicted octanol–water partition coefficient (Wildman–Crippen LogP) is 4.16. The van der Waals surface area contributed by atoms with Gasteiger partial charge in [-0.25, -0.2) is 4.79 Å². The topological polar surface area (TPSA) is 79.2 Å². The number of benzene rings is 1. The third-order valence-corrected chi connectivity index (χ3v) is 5.99. The van der Waals surface area contributed by atoms with Gasteiger partial charge in [0.2, 0.25) is 0 Å². The number of hydrogen-bond donors (Lipinski definition) is 1. The van der Waals surface area contributed by atoms with Crippen molar-refractivity contribution in [3.05, 3.63) is 50.9 Å². The maximum Gasteiger partial charge on any atom is 0.338 e. The van der Waals surface area contributed by atoms with Crippen molar-refractivity contribution >= 4 is 28.2 Å². The Hall–Kier alpha value is -2.65. The molecular weight excluding hydrogens is 360 g/mol. The molecule has 1 aromatic carbocycles. The Morgan fingerprint density at radius 3 is 2.89 bits per heavy atom. The lowest BCUT2D eigenvalue weighted by Gasteiger charge is -2.17. The van der Waals surface area contributed by atoms with Crippen LogP contribution in [0.3, 0.4) is 0 Å². The van der Waals surface area contributed by atoms with Gasteiger partial charge in [-0.15, -0.1) is 11.3 Å². The molecule has 1 heterocycles. The number of anilines is 1. The Labute approximate surface area is 163 Å². The van der Waals surface area contributed by atoms with Crippen LogP contribution in [0.4, 0.5) is 5.00 Å². The fourth-order valence-electron chi connectivity index (χ4n) is 3.28. The van der Waals surface area contributed by atoms with Crippen LogP contribution in [-0.4, -0.2) is 18.5 Å². The van der Waals surface area contributed by atoms with E-state index in [9.17, 15) is 14.9 Å². The Morgan fingerprint density at radius 2 is 2.15 bits per heavy atom. The second-order valence-electron chi connectivity index (χ2n) is 7.11. The molecule has 1 amide bonds. The smallest absolute Gasteiger partial charge is 0.338 e. The Kier molecular flexibility index (Phi) is 5.62. The van der Waals surface area contributed by atoms with Crippen molar-refractivity contribution in [2.45, 2.75) is 40.0 Å². The first kappa shape index (κ1) is 19.1. The van der Waals surface area contributed by atoms with Gasteiger partial charge in [0, 0.05) is 4.88 Å². The minimum Gasteiger partial charge on any atom is -0.452 e. The second kappa shape index (κ2) is 7.93. The number of esters is 1. The molecule has 6 heteroatoms. The normalized spacial score (nSPS) is 15.6. The van der Waals surface area contributed by atoms with Crippen LogP contribution < -0.4 is 5.32 Å². The average molecular weight is 382 g/mol. The molecule has 0 aliphatic heterocycles. The molecule has 1 aliphatic carbocycles. The van der Waals surface area contributed by atoms with E-state index in [0.29, 0.717) is 22.0 Å². The number of nitrogens with zero attached hydrogens (tertiary/aromatic N) is 1. The third kappa shape index (κ3) is 4.20. The number of hydrogen-bond acceptors (Lipinski definition) is 5. The monoisotopic (exact) mass is 382 g/mol. The molecule has 0 bridgehead atoms. The highest BCUT2D eigenvalue weighted by Crippen LogP contribution is 2.39. The van der Waals surface area contributed by atoms with E-state index >= 15 is 0 Å². The van der Waals surface area contributed by atoms with E-state index in [1.807, 2.05) is 26.0 Å². The van der Waals surface area contributed by atoms with E-state index in [-0.39, 0.29) is 6.61 Å². The van der Waals surface area contributed by atoms with Crippen LogP contribution in [0.1, 0.15) is 50.8 Å². The van der Waals surface area contributed by atoms with Crippen LogP contribution in [0.25, 0.3) is 0 Å². The highest BCUT2D eigenvalue weighted by Gasteiger charge is 2.25. The van der Waals surface area contributed by atoms with E-state index in [1.54, 1.807) is 6.07 Å². The number of amides is 1. The lowest BCUT2D eigenvalue weighted by molar-refractivity contribution is -0.119. The SMILES string of the molecule is Cc1ccc(C)c(C(=O)OCC(=O)Nc2sc3c(c2C#N)CC[C@@H](C)C3)c1. The summed E-state index contributed by atoms with van der Waals surface area (Å²) >= 11 is 1.46. The molecule has 0 saturated carbocycles. The fourth-order valence-corrected chi connectivity index (χ4v) is 4.66. The van der Waals surface area contributed by atoms with Gasteiger partial charge in [0.25, 0.3) is 5.91 Å². The van der Waals surface area contributed by atoms with Crippen LogP contribution in [0.15, 0.2) is 18.2 Å². The Balaban J connectivity index is 1.66. The third-order valence-electron chi connectivity index (χ3n) is 4.82. The number of carbonyl (C=O) groups excluding carboxylic acids is 2. The summed E-state index contributed by atoms with van der Waals surface area (Å²) in [5, 5.41) is 12.8. The van der Waals surface area contributed by atoms with E-state index in [0.717, 1.165) is 36.0 Å². The summed E-state index contributed by atoms with van der Waals surface area (Å²) < 4.78 is 5.16. The summed E-state index contributed by atoms with van der Waals surface area (Å²) in [6.45, 7) is 5.54. The van der Waals surface area contributed by atoms with Gasteiger partial charge in [0.1, 0.15) is 11.1 Å². The van der Waals surface area contributed by atoms with Gasteiger partial charge in [-0.1, -0.05) is 24.6 Å². The van der Waals surface area contributed by atoms with Crippen LogP contribution in [0, 0.1) is 31.1 Å². The van der Waals surface area contributed by atoms with Gasteiger partial charge in [-0.2, -0.15) is 5.26 Å². The Morgan fingerprint density at radius 1 is 1.37 bits per heavy atom. The van der Waals surface area contributed by atoms with Gasteiger partial charge < -0.3 is 10.1 Å². The van der Waals surface area contributed by atoms with Crippen molar-refractivity contribution in [2.75, 3.05) is 11.9 Å². The van der Waals surface area contributed by atoms with Gasteiger partial charge in [-0.05, 0) is 56.2 Å². The highest BCUT2D eigenvalue weighted by atomic mass is 32.1. The standard InChI is InChI=1S/C21H22N2O3S/c1-12-4-6-14(3)16(8-12)21(25)26-11-19(24)23-20-17(10-22)15-7-5-13(2)9-18(15)27-20/h4,6,8,13H,5,7,9,11H2,1-3H3,(H,23,24)/t13-/m1/s1. The quantitative estimate of drug-likeness (QED) is 0.806. The maximum absolute atomic E-state index is 12.3. The minimum absolute atomic E-state index is 0.379. The number of nitrogens with one attached hydrogen (secondary N) is 1. The zero-order chi connectivity index (χ0) is 19.6. The molecule has 2 aromatic rings. The molecular formula is C21H22N2O3S. The summed E-state index contributed by atoms with van der Waals surface area (Å²) in [7, 11) is 0. The largest absolute Gasteiger partial charge is 0.452 e. The van der Waals surface area contributed by atoms with Crippen molar-refractivity contribution in [3.63, 3.8) is 0 Å². The first-order chi connectivity index (χ1) is 12.9. The molecule has 5 nitrogen and oxygen atoms in total. The summed E-state index contributed by atoms with van der Waals surface area (Å²) in [4.78, 5) is 25.7. The number of aryl methyl sites for hydroxylation is 2. The van der Waals surface area contributed by atoms with Crippen LogP contribution in [0.5, 0.6) is 0 Å². The molecule has 1 N–H and O–H groups in total. The second-order valence-corrected chi connectivity index (χ2v) is 8.22. The first-order valence-corrected chi connectivity index (χ1v) is 9.79. The lowest BCUT2D eigenvalue weighted by Crippen LogP contribution is -2.21. The summed E-state index contributed by atoms with van der Waals surface area (Å²) in [6.07, 6.45) is 2.86. The summed E-state index contributed by atoms with van der Waals surface area (Å²) in [6, 6.07) is 7.73. The molecule has 1 atom stereocenters. The van der Waals surface area contributed by atoms with Crippen LogP contribution >= 0.6 is 11.3 Å². The van der Waals surface area contributed by atoms with Crippen molar-refractivity contribution in [2.24, 2.45) is 5.92 Å². The number of nitriles is 1. The zero-order valence-corrected chi connectivity index (χ0v) is 16.5. The molecule has 27 heavy (non-hydrogen) atoms. The number of ether oxygens (including phenoxy) is 1. The zero-order valence-electron chi connectivity index (χ0n) is 15.7. The number of carbonyl (C=O) groups is 2. The summed E-state index contributed by atoms with van der Waals surface area (Å²) in [5.74, 6) is -0.368. The van der Waals surface area contributed by atoms with Crippen molar-refractivity contribution < 1.29 is 14.3 Å². The van der Waals surface area contributed by atoms with Gasteiger partial charge >= 0.3 is 5.97 Å². The van der Waals surface area contributed by atoms with E-state index < -0.39 is 11.9 Å². The van der Waals surface area contributed by atoms with Gasteiger partial charge in [0.05, 0.1) is 11.1 Å². The minimum atomic E-state index is -0.522. The molecule has 0 fully saturated rings. The molecule has 0 spiro atoms. The molecule has 1 aliphatic rings.